The topological polar surface area (TPSA) is 46.6 Å². The summed E-state index contributed by atoms with van der Waals surface area (Å²) in [6.45, 7) is 4.14. The highest BCUT2D eigenvalue weighted by molar-refractivity contribution is 9.10. The van der Waals surface area contributed by atoms with Crippen LogP contribution in [-0.4, -0.2) is 30.4 Å². The number of carbonyl (C=O) groups is 2. The van der Waals surface area contributed by atoms with Gasteiger partial charge in [-0.1, -0.05) is 34.1 Å². The molecule has 4 nitrogen and oxygen atoms in total. The predicted octanol–water partition coefficient (Wildman–Crippen LogP) is 3.14. The van der Waals surface area contributed by atoms with Gasteiger partial charge in [-0.2, -0.15) is 0 Å². The minimum Gasteiger partial charge on any atom is -0.465 e. The molecule has 2 rings (SSSR count). The smallest absolute Gasteiger partial charge is 0.340 e. The van der Waals surface area contributed by atoms with Gasteiger partial charge in [0.1, 0.15) is 0 Å². The standard InChI is InChI=1S/C16H16BrNO3/c1-4-18-10(2)14(16(20)21-3)12(15(18)19)9-11-7-5-6-8-13(11)17/h5-9H,4H2,1-3H3/b12-9-. The number of hydrogen-bond acceptors (Lipinski definition) is 3. The van der Waals surface area contributed by atoms with Gasteiger partial charge in [0.25, 0.3) is 5.91 Å². The zero-order valence-electron chi connectivity index (χ0n) is 12.1. The molecule has 21 heavy (non-hydrogen) atoms. The summed E-state index contributed by atoms with van der Waals surface area (Å²) < 4.78 is 5.68. The molecule has 0 radical (unpaired) electrons. The lowest BCUT2D eigenvalue weighted by Gasteiger charge is -2.14. The van der Waals surface area contributed by atoms with Crippen molar-refractivity contribution in [3.8, 4) is 0 Å². The van der Waals surface area contributed by atoms with E-state index in [1.807, 2.05) is 31.2 Å². The third-order valence-electron chi connectivity index (χ3n) is 3.42. The largest absolute Gasteiger partial charge is 0.465 e. The van der Waals surface area contributed by atoms with Gasteiger partial charge in [-0.25, -0.2) is 4.79 Å². The third-order valence-corrected chi connectivity index (χ3v) is 4.14. The van der Waals surface area contributed by atoms with Crippen molar-refractivity contribution in [3.63, 3.8) is 0 Å². The quantitative estimate of drug-likeness (QED) is 0.622. The molecule has 1 aliphatic rings. The van der Waals surface area contributed by atoms with Crippen LogP contribution in [0.5, 0.6) is 0 Å². The van der Waals surface area contributed by atoms with Gasteiger partial charge >= 0.3 is 5.97 Å². The summed E-state index contributed by atoms with van der Waals surface area (Å²) in [5.41, 5.74) is 2.17. The number of methoxy groups -OCH3 is 1. The molecule has 0 aliphatic carbocycles. The van der Waals surface area contributed by atoms with E-state index in [1.54, 1.807) is 17.9 Å². The van der Waals surface area contributed by atoms with Gasteiger partial charge in [-0.15, -0.1) is 0 Å². The maximum Gasteiger partial charge on any atom is 0.340 e. The molecule has 1 heterocycles. The number of esters is 1. The predicted molar refractivity (Wildman–Crippen MR) is 84.2 cm³/mol. The number of benzene rings is 1. The average molecular weight is 350 g/mol. The van der Waals surface area contributed by atoms with Crippen LogP contribution in [0.15, 0.2) is 45.6 Å². The molecular weight excluding hydrogens is 334 g/mol. The van der Waals surface area contributed by atoms with Gasteiger partial charge in [0.05, 0.1) is 18.3 Å². The number of amides is 1. The molecular formula is C16H16BrNO3. The first-order valence-electron chi connectivity index (χ1n) is 6.58. The van der Waals surface area contributed by atoms with E-state index >= 15 is 0 Å². The normalized spacial score (nSPS) is 16.9. The summed E-state index contributed by atoms with van der Waals surface area (Å²) in [7, 11) is 1.32. The first-order chi connectivity index (χ1) is 10.0. The second-order valence-corrected chi connectivity index (χ2v) is 5.44. The van der Waals surface area contributed by atoms with Crippen molar-refractivity contribution in [2.24, 2.45) is 0 Å². The zero-order chi connectivity index (χ0) is 15.6. The lowest BCUT2D eigenvalue weighted by atomic mass is 10.0. The third kappa shape index (κ3) is 2.78. The summed E-state index contributed by atoms with van der Waals surface area (Å²) in [6.07, 6.45) is 1.72. The molecule has 1 aromatic rings. The summed E-state index contributed by atoms with van der Waals surface area (Å²) in [6, 6.07) is 7.53. The van der Waals surface area contributed by atoms with Crippen molar-refractivity contribution in [3.05, 3.63) is 51.1 Å². The van der Waals surface area contributed by atoms with Crippen molar-refractivity contribution in [1.29, 1.82) is 0 Å². The first-order valence-corrected chi connectivity index (χ1v) is 7.38. The Bertz CT molecular complexity index is 661. The molecule has 0 saturated carbocycles. The summed E-state index contributed by atoms with van der Waals surface area (Å²) >= 11 is 3.44. The van der Waals surface area contributed by atoms with E-state index in [-0.39, 0.29) is 5.91 Å². The molecule has 1 aliphatic heterocycles. The number of hydrogen-bond donors (Lipinski definition) is 0. The molecule has 0 spiro atoms. The Hall–Kier alpha value is -1.88. The summed E-state index contributed by atoms with van der Waals surface area (Å²) in [5, 5.41) is 0. The van der Waals surface area contributed by atoms with Crippen LogP contribution in [0.3, 0.4) is 0 Å². The van der Waals surface area contributed by atoms with Gasteiger partial charge in [0.15, 0.2) is 0 Å². The highest BCUT2D eigenvalue weighted by Crippen LogP contribution is 2.32. The number of rotatable bonds is 3. The maximum absolute atomic E-state index is 12.5. The molecule has 0 bridgehead atoms. The first kappa shape index (κ1) is 15.5. The number of ether oxygens (including phenoxy) is 1. The van der Waals surface area contributed by atoms with Crippen LogP contribution in [0.1, 0.15) is 19.4 Å². The van der Waals surface area contributed by atoms with Crippen LogP contribution in [0.4, 0.5) is 0 Å². The fraction of sp³-hybridized carbons (Fsp3) is 0.250. The Morgan fingerprint density at radius 3 is 2.62 bits per heavy atom. The van der Waals surface area contributed by atoms with Crippen molar-refractivity contribution in [1.82, 2.24) is 4.90 Å². The van der Waals surface area contributed by atoms with Gasteiger partial charge < -0.3 is 9.64 Å². The van der Waals surface area contributed by atoms with Gasteiger partial charge in [-0.3, -0.25) is 4.79 Å². The van der Waals surface area contributed by atoms with E-state index in [9.17, 15) is 9.59 Å². The van der Waals surface area contributed by atoms with Gasteiger partial charge in [-0.05, 0) is 31.6 Å². The van der Waals surface area contributed by atoms with E-state index in [4.69, 9.17) is 4.74 Å². The molecule has 0 aromatic heterocycles. The van der Waals surface area contributed by atoms with E-state index in [0.29, 0.717) is 23.4 Å². The fourth-order valence-corrected chi connectivity index (χ4v) is 2.76. The number of nitrogens with zero attached hydrogens (tertiary/aromatic N) is 1. The molecule has 0 saturated heterocycles. The Morgan fingerprint density at radius 1 is 1.38 bits per heavy atom. The van der Waals surface area contributed by atoms with E-state index < -0.39 is 5.97 Å². The minimum atomic E-state index is -0.491. The summed E-state index contributed by atoms with van der Waals surface area (Å²) in [5.74, 6) is -0.666. The molecule has 0 unspecified atom stereocenters. The molecule has 0 fully saturated rings. The molecule has 1 aromatic carbocycles. The Labute approximate surface area is 132 Å². The summed E-state index contributed by atoms with van der Waals surface area (Å²) in [4.78, 5) is 26.1. The van der Waals surface area contributed by atoms with Crippen LogP contribution in [-0.2, 0) is 14.3 Å². The van der Waals surface area contributed by atoms with Crippen LogP contribution < -0.4 is 0 Å². The number of halogens is 1. The Morgan fingerprint density at radius 2 is 2.05 bits per heavy atom. The maximum atomic E-state index is 12.5. The van der Waals surface area contributed by atoms with Crippen molar-refractivity contribution in [2.75, 3.05) is 13.7 Å². The van der Waals surface area contributed by atoms with Crippen LogP contribution in [0.25, 0.3) is 6.08 Å². The SMILES string of the molecule is CCN1C(=O)/C(=C\c2ccccc2Br)C(C(=O)OC)=C1C. The minimum absolute atomic E-state index is 0.175. The lowest BCUT2D eigenvalue weighted by molar-refractivity contribution is -0.136. The van der Waals surface area contributed by atoms with E-state index in [1.165, 1.54) is 7.11 Å². The molecule has 1 amide bonds. The van der Waals surface area contributed by atoms with Gasteiger partial charge in [0, 0.05) is 16.7 Å². The average Bonchev–Trinajstić information content (AvgIpc) is 2.71. The number of allylic oxidation sites excluding steroid dienone is 1. The number of carbonyl (C=O) groups excluding carboxylic acids is 2. The molecule has 0 atom stereocenters. The zero-order valence-corrected chi connectivity index (χ0v) is 13.7. The monoisotopic (exact) mass is 349 g/mol. The second kappa shape index (κ2) is 6.26. The van der Waals surface area contributed by atoms with Gasteiger partial charge in [0.2, 0.25) is 0 Å². The second-order valence-electron chi connectivity index (χ2n) is 4.58. The van der Waals surface area contributed by atoms with Crippen molar-refractivity contribution < 1.29 is 14.3 Å². The highest BCUT2D eigenvalue weighted by Gasteiger charge is 2.36. The van der Waals surface area contributed by atoms with Crippen molar-refractivity contribution in [2.45, 2.75) is 13.8 Å². The van der Waals surface area contributed by atoms with E-state index in [2.05, 4.69) is 15.9 Å². The molecule has 5 heteroatoms. The number of likely N-dealkylation sites (N-methyl/N-ethyl adjacent to an activating group) is 1. The van der Waals surface area contributed by atoms with Crippen LogP contribution in [0.2, 0.25) is 0 Å². The fourth-order valence-electron chi connectivity index (χ4n) is 2.36. The molecule has 110 valence electrons. The van der Waals surface area contributed by atoms with E-state index in [0.717, 1.165) is 10.0 Å². The lowest BCUT2D eigenvalue weighted by Crippen LogP contribution is -2.24. The van der Waals surface area contributed by atoms with Crippen molar-refractivity contribution >= 4 is 33.9 Å². The Balaban J connectivity index is 2.58. The van der Waals surface area contributed by atoms with Crippen LogP contribution >= 0.6 is 15.9 Å². The Kier molecular flexibility index (Phi) is 4.63. The molecule has 0 N–H and O–H groups in total. The van der Waals surface area contributed by atoms with Crippen LogP contribution in [0, 0.1) is 0 Å². The highest BCUT2D eigenvalue weighted by atomic mass is 79.9.